The molecule has 0 spiro atoms. The number of hydrogen-bond donors (Lipinski definition) is 0. The van der Waals surface area contributed by atoms with Gasteiger partial charge in [0.05, 0.1) is 19.2 Å². The molecule has 0 radical (unpaired) electrons. The molecule has 2 rings (SSSR count). The van der Waals surface area contributed by atoms with E-state index < -0.39 is 0 Å². The largest absolute Gasteiger partial charge is 0.496 e. The Hall–Kier alpha value is -2.22. The van der Waals surface area contributed by atoms with Crippen molar-refractivity contribution in [2.75, 3.05) is 27.2 Å². The molecule has 2 amide bonds. The number of carbonyl (C=O) groups is 1. The van der Waals surface area contributed by atoms with Gasteiger partial charge in [-0.3, -0.25) is 0 Å². The van der Waals surface area contributed by atoms with Crippen LogP contribution in [0.3, 0.4) is 0 Å². The lowest BCUT2D eigenvalue weighted by Gasteiger charge is -2.20. The molecule has 1 atom stereocenters. The van der Waals surface area contributed by atoms with Crippen LogP contribution in [0.5, 0.6) is 5.75 Å². The second-order valence-corrected chi connectivity index (χ2v) is 4.69. The zero-order valence-electron chi connectivity index (χ0n) is 11.4. The zero-order chi connectivity index (χ0) is 14.0. The number of benzene rings is 1. The summed E-state index contributed by atoms with van der Waals surface area (Å²) in [7, 11) is 3.38. The molecule has 5 nitrogen and oxygen atoms in total. The van der Waals surface area contributed by atoms with E-state index in [1.54, 1.807) is 24.0 Å². The summed E-state index contributed by atoms with van der Waals surface area (Å²) in [6.45, 7) is 2.64. The number of methoxy groups -OCH3 is 1. The molecule has 0 aliphatic carbocycles. The first-order chi connectivity index (χ1) is 9.08. The molecule has 19 heavy (non-hydrogen) atoms. The number of amides is 2. The van der Waals surface area contributed by atoms with E-state index in [2.05, 4.69) is 0 Å². The second-order valence-electron chi connectivity index (χ2n) is 4.69. The van der Waals surface area contributed by atoms with Gasteiger partial charge >= 0.3 is 6.03 Å². The highest BCUT2D eigenvalue weighted by atomic mass is 16.5. The predicted octanol–water partition coefficient (Wildman–Crippen LogP) is 1.94. The van der Waals surface area contributed by atoms with Gasteiger partial charge in [0.1, 0.15) is 12.3 Å². The Morgan fingerprint density at radius 1 is 1.53 bits per heavy atom. The molecule has 0 saturated carbocycles. The molecule has 1 aromatic carbocycles. The molecule has 0 bridgehead atoms. The number of nitriles is 1. The van der Waals surface area contributed by atoms with E-state index in [0.717, 1.165) is 16.9 Å². The summed E-state index contributed by atoms with van der Waals surface area (Å²) in [6, 6.07) is 7.75. The Bertz CT molecular complexity index is 536. The minimum atomic E-state index is -0.116. The average molecular weight is 259 g/mol. The van der Waals surface area contributed by atoms with Gasteiger partial charge in [0.2, 0.25) is 0 Å². The molecule has 1 aliphatic heterocycles. The summed E-state index contributed by atoms with van der Waals surface area (Å²) in [6.07, 6.45) is 0. The molecule has 1 aliphatic rings. The quantitative estimate of drug-likeness (QED) is 0.779. The molecule has 1 heterocycles. The Balaban J connectivity index is 2.35. The molecule has 0 N–H and O–H groups in total. The van der Waals surface area contributed by atoms with Crippen molar-refractivity contribution >= 4 is 6.03 Å². The number of aryl methyl sites for hydroxylation is 1. The van der Waals surface area contributed by atoms with E-state index >= 15 is 0 Å². The first-order valence-electron chi connectivity index (χ1n) is 6.11. The number of rotatable bonds is 3. The van der Waals surface area contributed by atoms with Crippen molar-refractivity contribution in [2.24, 2.45) is 0 Å². The number of ether oxygens (including phenoxy) is 1. The zero-order valence-corrected chi connectivity index (χ0v) is 11.4. The summed E-state index contributed by atoms with van der Waals surface area (Å²) in [5.41, 5.74) is 2.11. The van der Waals surface area contributed by atoms with Crippen molar-refractivity contribution in [3.8, 4) is 11.8 Å². The van der Waals surface area contributed by atoms with Crippen LogP contribution in [0, 0.1) is 18.3 Å². The van der Waals surface area contributed by atoms with Crippen LogP contribution in [-0.2, 0) is 0 Å². The van der Waals surface area contributed by atoms with Crippen molar-refractivity contribution in [1.82, 2.24) is 9.80 Å². The highest BCUT2D eigenvalue weighted by Gasteiger charge is 2.36. The van der Waals surface area contributed by atoms with Gasteiger partial charge in [0.15, 0.2) is 0 Å². The van der Waals surface area contributed by atoms with E-state index in [9.17, 15) is 4.79 Å². The maximum atomic E-state index is 12.0. The molecule has 1 aromatic rings. The predicted molar refractivity (Wildman–Crippen MR) is 70.8 cm³/mol. The van der Waals surface area contributed by atoms with Crippen molar-refractivity contribution in [1.29, 1.82) is 5.26 Å². The third-order valence-corrected chi connectivity index (χ3v) is 3.44. The van der Waals surface area contributed by atoms with Crippen molar-refractivity contribution in [3.63, 3.8) is 0 Å². The summed E-state index contributed by atoms with van der Waals surface area (Å²) in [5.74, 6) is 0.772. The van der Waals surface area contributed by atoms with E-state index in [-0.39, 0.29) is 18.6 Å². The number of urea groups is 1. The second kappa shape index (κ2) is 5.19. The third kappa shape index (κ3) is 2.34. The molecule has 100 valence electrons. The maximum Gasteiger partial charge on any atom is 0.321 e. The average Bonchev–Trinajstić information content (AvgIpc) is 2.67. The van der Waals surface area contributed by atoms with Gasteiger partial charge < -0.3 is 14.5 Å². The number of nitrogens with zero attached hydrogens (tertiary/aromatic N) is 3. The van der Waals surface area contributed by atoms with Gasteiger partial charge in [0.25, 0.3) is 0 Å². The molecule has 1 saturated heterocycles. The lowest BCUT2D eigenvalue weighted by Crippen LogP contribution is -2.29. The summed E-state index contributed by atoms with van der Waals surface area (Å²) in [5, 5.41) is 8.75. The van der Waals surface area contributed by atoms with Crippen LogP contribution in [0.15, 0.2) is 18.2 Å². The standard InChI is InChI=1S/C14H17N3O2/c1-10-4-5-13(19-3)11(8-10)12-9-17(7-6-15)14(18)16(12)2/h4-5,8,12H,7,9H2,1-3H3. The smallest absolute Gasteiger partial charge is 0.321 e. The molecular formula is C14H17N3O2. The summed E-state index contributed by atoms with van der Waals surface area (Å²) < 4.78 is 5.37. The summed E-state index contributed by atoms with van der Waals surface area (Å²) >= 11 is 0. The topological polar surface area (TPSA) is 56.6 Å². The minimum Gasteiger partial charge on any atom is -0.496 e. The van der Waals surface area contributed by atoms with Gasteiger partial charge in [-0.1, -0.05) is 17.7 Å². The van der Waals surface area contributed by atoms with E-state index in [1.807, 2.05) is 31.2 Å². The van der Waals surface area contributed by atoms with Crippen LogP contribution >= 0.6 is 0 Å². The van der Waals surface area contributed by atoms with Crippen molar-refractivity contribution in [2.45, 2.75) is 13.0 Å². The SMILES string of the molecule is COc1ccc(C)cc1C1CN(CC#N)C(=O)N1C. The van der Waals surface area contributed by atoms with E-state index in [0.29, 0.717) is 6.54 Å². The van der Waals surface area contributed by atoms with Crippen molar-refractivity contribution in [3.05, 3.63) is 29.3 Å². The lowest BCUT2D eigenvalue weighted by atomic mass is 10.0. The molecular weight excluding hydrogens is 242 g/mol. The van der Waals surface area contributed by atoms with Crippen molar-refractivity contribution < 1.29 is 9.53 Å². The van der Waals surface area contributed by atoms with Crippen LogP contribution in [-0.4, -0.2) is 43.1 Å². The fourth-order valence-electron chi connectivity index (χ4n) is 2.40. The van der Waals surface area contributed by atoms with Crippen LogP contribution in [0.25, 0.3) is 0 Å². The lowest BCUT2D eigenvalue weighted by molar-refractivity contribution is 0.198. The number of carbonyl (C=O) groups excluding carboxylic acids is 1. The van der Waals surface area contributed by atoms with E-state index in [1.165, 1.54) is 0 Å². The molecule has 1 fully saturated rings. The van der Waals surface area contributed by atoms with Gasteiger partial charge in [-0.25, -0.2) is 4.79 Å². The van der Waals surface area contributed by atoms with E-state index in [4.69, 9.17) is 10.00 Å². The summed E-state index contributed by atoms with van der Waals surface area (Å²) in [4.78, 5) is 15.2. The maximum absolute atomic E-state index is 12.0. The number of likely N-dealkylation sites (N-methyl/N-ethyl adjacent to an activating group) is 1. The Morgan fingerprint density at radius 3 is 2.89 bits per heavy atom. The Labute approximate surface area is 113 Å². The molecule has 0 aromatic heterocycles. The van der Waals surface area contributed by atoms with Crippen LogP contribution in [0.4, 0.5) is 4.79 Å². The van der Waals surface area contributed by atoms with Crippen LogP contribution in [0.1, 0.15) is 17.2 Å². The third-order valence-electron chi connectivity index (χ3n) is 3.44. The van der Waals surface area contributed by atoms with Crippen LogP contribution < -0.4 is 4.74 Å². The first-order valence-corrected chi connectivity index (χ1v) is 6.11. The number of hydrogen-bond acceptors (Lipinski definition) is 3. The fourth-order valence-corrected chi connectivity index (χ4v) is 2.40. The monoisotopic (exact) mass is 259 g/mol. The highest BCUT2D eigenvalue weighted by Crippen LogP contribution is 2.34. The minimum absolute atomic E-state index is 0.0734. The van der Waals surface area contributed by atoms with Crippen LogP contribution in [0.2, 0.25) is 0 Å². The Morgan fingerprint density at radius 2 is 2.26 bits per heavy atom. The van der Waals surface area contributed by atoms with Gasteiger partial charge in [-0.05, 0) is 13.0 Å². The van der Waals surface area contributed by atoms with Gasteiger partial charge in [0, 0.05) is 19.2 Å². The molecule has 1 unspecified atom stereocenters. The Kier molecular flexibility index (Phi) is 3.61. The highest BCUT2D eigenvalue weighted by molar-refractivity contribution is 5.77. The molecule has 5 heteroatoms. The fraction of sp³-hybridized carbons (Fsp3) is 0.429. The van der Waals surface area contributed by atoms with Gasteiger partial charge in [-0.2, -0.15) is 5.26 Å². The normalized spacial score (nSPS) is 18.6. The van der Waals surface area contributed by atoms with Gasteiger partial charge in [-0.15, -0.1) is 0 Å². The first kappa shape index (κ1) is 13.2.